The summed E-state index contributed by atoms with van der Waals surface area (Å²) in [5.41, 5.74) is 0.866. The molecular formula is C8H13N2O5S+. The lowest BCUT2D eigenvalue weighted by Crippen LogP contribution is -2.32. The molecular weight excluding hydrogens is 236 g/mol. The van der Waals surface area contributed by atoms with Crippen LogP contribution in [-0.2, 0) is 21.6 Å². The SMILES string of the molecule is COS(=O)(=O)O.C[n+]1ccccc1/C=N\O. The average Bonchev–Trinajstić information content (AvgIpc) is 2.22. The molecule has 0 fully saturated rings. The Hall–Kier alpha value is -1.51. The van der Waals surface area contributed by atoms with E-state index in [1.165, 1.54) is 6.21 Å². The molecule has 1 aromatic rings. The zero-order chi connectivity index (χ0) is 12.6. The van der Waals surface area contributed by atoms with Crippen molar-refractivity contribution in [3.8, 4) is 0 Å². The van der Waals surface area contributed by atoms with Crippen molar-refractivity contribution in [2.24, 2.45) is 12.2 Å². The first-order chi connectivity index (χ1) is 7.40. The topological polar surface area (TPSA) is 100 Å². The van der Waals surface area contributed by atoms with Crippen molar-refractivity contribution >= 4 is 16.6 Å². The van der Waals surface area contributed by atoms with E-state index in [9.17, 15) is 8.42 Å². The second-order valence-corrected chi connectivity index (χ2v) is 3.76. The minimum absolute atomic E-state index is 0.866. The van der Waals surface area contributed by atoms with Crippen molar-refractivity contribution in [2.45, 2.75) is 0 Å². The van der Waals surface area contributed by atoms with Crippen molar-refractivity contribution < 1.29 is 26.9 Å². The minimum Gasteiger partial charge on any atom is -0.411 e. The Labute approximate surface area is 93.6 Å². The molecule has 0 aliphatic rings. The van der Waals surface area contributed by atoms with Gasteiger partial charge in [-0.1, -0.05) is 5.16 Å². The lowest BCUT2D eigenvalue weighted by Gasteiger charge is -1.88. The second kappa shape index (κ2) is 6.88. The lowest BCUT2D eigenvalue weighted by molar-refractivity contribution is -0.672. The Morgan fingerprint density at radius 3 is 2.44 bits per heavy atom. The molecule has 0 aliphatic carbocycles. The standard InChI is InChI=1S/C7H8N2O.CH4O4S/c1-9-5-3-2-4-7(9)6-8-10;1-5-6(2,3)4/h2-6H,1H3;1H3,(H,2,3,4)/p+1. The largest absolute Gasteiger partial charge is 0.411 e. The van der Waals surface area contributed by atoms with E-state index in [0.717, 1.165) is 12.8 Å². The number of rotatable bonds is 2. The van der Waals surface area contributed by atoms with Gasteiger partial charge in [0.05, 0.1) is 7.11 Å². The third-order valence-corrected chi connectivity index (χ3v) is 1.92. The summed E-state index contributed by atoms with van der Waals surface area (Å²) in [6, 6.07) is 5.66. The molecule has 90 valence electrons. The summed E-state index contributed by atoms with van der Waals surface area (Å²) in [6.07, 6.45) is 3.27. The molecule has 0 saturated heterocycles. The first-order valence-corrected chi connectivity index (χ1v) is 5.42. The van der Waals surface area contributed by atoms with Crippen LogP contribution >= 0.6 is 0 Å². The molecule has 7 nitrogen and oxygen atoms in total. The van der Waals surface area contributed by atoms with Crippen LogP contribution in [0.4, 0.5) is 0 Å². The van der Waals surface area contributed by atoms with Crippen LogP contribution in [0.25, 0.3) is 0 Å². The van der Waals surface area contributed by atoms with Crippen LogP contribution in [0, 0.1) is 0 Å². The molecule has 0 spiro atoms. The van der Waals surface area contributed by atoms with Crippen LogP contribution in [0.15, 0.2) is 29.6 Å². The molecule has 16 heavy (non-hydrogen) atoms. The third kappa shape index (κ3) is 6.87. The molecule has 0 aliphatic heterocycles. The fraction of sp³-hybridized carbons (Fsp3) is 0.250. The summed E-state index contributed by atoms with van der Waals surface area (Å²) < 4.78 is 31.6. The molecule has 1 rings (SSSR count). The molecule has 1 aromatic heterocycles. The van der Waals surface area contributed by atoms with Crippen LogP contribution in [0.5, 0.6) is 0 Å². The highest BCUT2D eigenvalue weighted by Gasteiger charge is 1.98. The first-order valence-electron chi connectivity index (χ1n) is 4.06. The number of aryl methyl sites for hydroxylation is 1. The lowest BCUT2D eigenvalue weighted by atomic mass is 10.4. The van der Waals surface area contributed by atoms with Gasteiger partial charge in [0, 0.05) is 12.1 Å². The van der Waals surface area contributed by atoms with Crippen molar-refractivity contribution in [1.82, 2.24) is 0 Å². The van der Waals surface area contributed by atoms with E-state index in [4.69, 9.17) is 9.76 Å². The minimum atomic E-state index is -4.16. The van der Waals surface area contributed by atoms with Crippen molar-refractivity contribution in [3.05, 3.63) is 30.1 Å². The number of pyridine rings is 1. The van der Waals surface area contributed by atoms with Gasteiger partial charge in [0.25, 0.3) is 0 Å². The number of hydrogen-bond donors (Lipinski definition) is 2. The summed E-state index contributed by atoms with van der Waals surface area (Å²) in [7, 11) is -1.41. The van der Waals surface area contributed by atoms with Gasteiger partial charge >= 0.3 is 10.4 Å². The van der Waals surface area contributed by atoms with E-state index < -0.39 is 10.4 Å². The molecule has 8 heteroatoms. The Morgan fingerprint density at radius 1 is 1.50 bits per heavy atom. The summed E-state index contributed by atoms with van der Waals surface area (Å²) in [5.74, 6) is 0. The molecule has 0 unspecified atom stereocenters. The highest BCUT2D eigenvalue weighted by atomic mass is 32.3. The summed E-state index contributed by atoms with van der Waals surface area (Å²) in [6.45, 7) is 0. The Kier molecular flexibility index (Phi) is 6.23. The van der Waals surface area contributed by atoms with Gasteiger partial charge in [-0.3, -0.25) is 8.74 Å². The predicted octanol–water partition coefficient (Wildman–Crippen LogP) is -0.245. The van der Waals surface area contributed by atoms with Gasteiger partial charge in [0.2, 0.25) is 5.69 Å². The predicted molar refractivity (Wildman–Crippen MR) is 55.6 cm³/mol. The Bertz CT molecular complexity index is 443. The van der Waals surface area contributed by atoms with Crippen LogP contribution in [0.3, 0.4) is 0 Å². The van der Waals surface area contributed by atoms with Crippen molar-refractivity contribution in [1.29, 1.82) is 0 Å². The molecule has 0 atom stereocenters. The summed E-state index contributed by atoms with van der Waals surface area (Å²) >= 11 is 0. The van der Waals surface area contributed by atoms with E-state index in [1.54, 1.807) is 0 Å². The fourth-order valence-electron chi connectivity index (χ4n) is 0.730. The van der Waals surface area contributed by atoms with Gasteiger partial charge < -0.3 is 5.21 Å². The quantitative estimate of drug-likeness (QED) is 0.247. The number of hydrogen-bond acceptors (Lipinski definition) is 5. The molecule has 1 heterocycles. The molecule has 0 aromatic carbocycles. The van der Waals surface area contributed by atoms with E-state index in [-0.39, 0.29) is 0 Å². The Morgan fingerprint density at radius 2 is 2.06 bits per heavy atom. The zero-order valence-electron chi connectivity index (χ0n) is 8.81. The van der Waals surface area contributed by atoms with Crippen molar-refractivity contribution in [3.63, 3.8) is 0 Å². The smallest absolute Gasteiger partial charge is 0.397 e. The normalized spacial score (nSPS) is 10.9. The number of nitrogens with zero attached hydrogens (tertiary/aromatic N) is 2. The van der Waals surface area contributed by atoms with Gasteiger partial charge in [-0.2, -0.15) is 8.42 Å². The zero-order valence-corrected chi connectivity index (χ0v) is 9.63. The molecule has 0 saturated carbocycles. The van der Waals surface area contributed by atoms with E-state index >= 15 is 0 Å². The van der Waals surface area contributed by atoms with Crippen LogP contribution in [-0.4, -0.2) is 31.5 Å². The molecule has 0 amide bonds. The van der Waals surface area contributed by atoms with Crippen LogP contribution < -0.4 is 4.57 Å². The van der Waals surface area contributed by atoms with Crippen LogP contribution in [0.2, 0.25) is 0 Å². The van der Waals surface area contributed by atoms with Gasteiger partial charge in [-0.15, -0.1) is 0 Å². The van der Waals surface area contributed by atoms with Crippen molar-refractivity contribution in [2.75, 3.05) is 7.11 Å². The summed E-state index contributed by atoms with van der Waals surface area (Å²) in [5, 5.41) is 11.1. The maximum absolute atomic E-state index is 9.33. The fourth-order valence-corrected chi connectivity index (χ4v) is 0.730. The average molecular weight is 249 g/mol. The van der Waals surface area contributed by atoms with E-state index in [1.807, 2.05) is 36.0 Å². The number of oxime groups is 1. The highest BCUT2D eigenvalue weighted by molar-refractivity contribution is 7.80. The maximum atomic E-state index is 9.33. The van der Waals surface area contributed by atoms with E-state index in [0.29, 0.717) is 0 Å². The van der Waals surface area contributed by atoms with Gasteiger partial charge in [-0.05, 0) is 6.07 Å². The first kappa shape index (κ1) is 14.5. The van der Waals surface area contributed by atoms with Gasteiger partial charge in [0.15, 0.2) is 6.20 Å². The maximum Gasteiger partial charge on any atom is 0.397 e. The highest BCUT2D eigenvalue weighted by Crippen LogP contribution is 1.84. The summed E-state index contributed by atoms with van der Waals surface area (Å²) in [4.78, 5) is 0. The van der Waals surface area contributed by atoms with Gasteiger partial charge in [-0.25, -0.2) is 4.57 Å². The molecule has 2 N–H and O–H groups in total. The monoisotopic (exact) mass is 249 g/mol. The van der Waals surface area contributed by atoms with Gasteiger partial charge in [0.1, 0.15) is 13.3 Å². The third-order valence-electron chi connectivity index (χ3n) is 1.50. The second-order valence-electron chi connectivity index (χ2n) is 2.58. The van der Waals surface area contributed by atoms with Crippen LogP contribution in [0.1, 0.15) is 5.69 Å². The molecule has 0 radical (unpaired) electrons. The number of aromatic nitrogens is 1. The van der Waals surface area contributed by atoms with E-state index in [2.05, 4.69) is 9.34 Å². The Balaban J connectivity index is 0.000000325. The molecule has 0 bridgehead atoms.